The molecule has 0 amide bonds. The van der Waals surface area contributed by atoms with Crippen LogP contribution in [0.5, 0.6) is 0 Å². The van der Waals surface area contributed by atoms with Gasteiger partial charge in [-0.3, -0.25) is 4.79 Å². The van der Waals surface area contributed by atoms with Gasteiger partial charge in [-0.05, 0) is 39.7 Å². The van der Waals surface area contributed by atoms with E-state index in [1.54, 1.807) is 25.1 Å². The Labute approximate surface area is 142 Å². The van der Waals surface area contributed by atoms with Crippen molar-refractivity contribution in [3.05, 3.63) is 35.6 Å². The van der Waals surface area contributed by atoms with Crippen molar-refractivity contribution >= 4 is 5.97 Å². The summed E-state index contributed by atoms with van der Waals surface area (Å²) in [6.45, 7) is 6.14. The minimum atomic E-state index is -0.728. The standard InChI is InChI=1S/C19H25FO4/c1-4-22-17(21)18(2,3)19-10-9-15(24-19)16(11-19)23-12-13-7-5-6-8-14(13)20/h5-8,15-16H,4,9-12H2,1-3H3. The summed E-state index contributed by atoms with van der Waals surface area (Å²) >= 11 is 0. The van der Waals surface area contributed by atoms with Gasteiger partial charge in [0.1, 0.15) is 5.82 Å². The van der Waals surface area contributed by atoms with Crippen molar-refractivity contribution in [1.29, 1.82) is 0 Å². The summed E-state index contributed by atoms with van der Waals surface area (Å²) in [4.78, 5) is 12.4. The predicted molar refractivity (Wildman–Crippen MR) is 86.8 cm³/mol. The lowest BCUT2D eigenvalue weighted by atomic mass is 9.68. The molecule has 2 bridgehead atoms. The third-order valence-corrected chi connectivity index (χ3v) is 5.49. The maximum atomic E-state index is 13.7. The number of ether oxygens (including phenoxy) is 3. The number of rotatable bonds is 6. The zero-order chi connectivity index (χ0) is 17.4. The molecule has 0 saturated carbocycles. The lowest BCUT2D eigenvalue weighted by Crippen LogP contribution is -2.49. The summed E-state index contributed by atoms with van der Waals surface area (Å²) in [5.41, 5.74) is -0.739. The zero-order valence-electron chi connectivity index (χ0n) is 14.5. The van der Waals surface area contributed by atoms with Gasteiger partial charge < -0.3 is 14.2 Å². The zero-order valence-corrected chi connectivity index (χ0v) is 14.5. The molecule has 5 heteroatoms. The second-order valence-corrected chi connectivity index (χ2v) is 7.18. The highest BCUT2D eigenvalue weighted by Crippen LogP contribution is 2.54. The average molecular weight is 336 g/mol. The number of esters is 1. The largest absolute Gasteiger partial charge is 0.465 e. The SMILES string of the molecule is CCOC(=O)C(C)(C)C12CCC(O1)C(OCc1ccccc1F)C2. The molecule has 2 heterocycles. The van der Waals surface area contributed by atoms with Crippen LogP contribution in [-0.2, 0) is 25.6 Å². The van der Waals surface area contributed by atoms with Gasteiger partial charge in [-0.15, -0.1) is 0 Å². The topological polar surface area (TPSA) is 44.8 Å². The molecule has 132 valence electrons. The van der Waals surface area contributed by atoms with E-state index in [1.807, 2.05) is 13.8 Å². The van der Waals surface area contributed by atoms with Crippen LogP contribution in [0, 0.1) is 11.2 Å². The van der Waals surface area contributed by atoms with Gasteiger partial charge in [0.05, 0.1) is 36.4 Å². The number of hydrogen-bond donors (Lipinski definition) is 0. The Bertz CT molecular complexity index is 615. The summed E-state index contributed by atoms with van der Waals surface area (Å²) in [5, 5.41) is 0. The fourth-order valence-electron chi connectivity index (χ4n) is 3.84. The van der Waals surface area contributed by atoms with Crippen LogP contribution in [0.25, 0.3) is 0 Å². The molecule has 0 spiro atoms. The Kier molecular flexibility index (Phi) is 4.67. The fraction of sp³-hybridized carbons (Fsp3) is 0.632. The van der Waals surface area contributed by atoms with Crippen LogP contribution in [0.2, 0.25) is 0 Å². The number of benzene rings is 1. The number of carbonyl (C=O) groups excluding carboxylic acids is 1. The van der Waals surface area contributed by atoms with Crippen LogP contribution < -0.4 is 0 Å². The van der Waals surface area contributed by atoms with E-state index in [2.05, 4.69) is 0 Å². The minimum Gasteiger partial charge on any atom is -0.465 e. The summed E-state index contributed by atoms with van der Waals surface area (Å²) in [6.07, 6.45) is 2.16. The molecule has 2 saturated heterocycles. The molecule has 2 fully saturated rings. The van der Waals surface area contributed by atoms with E-state index in [0.29, 0.717) is 18.6 Å². The van der Waals surface area contributed by atoms with Crippen molar-refractivity contribution in [2.75, 3.05) is 6.61 Å². The smallest absolute Gasteiger partial charge is 0.314 e. The van der Waals surface area contributed by atoms with Gasteiger partial charge in [-0.1, -0.05) is 18.2 Å². The van der Waals surface area contributed by atoms with Crippen LogP contribution in [0.15, 0.2) is 24.3 Å². The molecule has 0 aromatic heterocycles. The van der Waals surface area contributed by atoms with Crippen LogP contribution in [0.3, 0.4) is 0 Å². The van der Waals surface area contributed by atoms with Crippen molar-refractivity contribution in [3.63, 3.8) is 0 Å². The maximum absolute atomic E-state index is 13.7. The second-order valence-electron chi connectivity index (χ2n) is 7.18. The monoisotopic (exact) mass is 336 g/mol. The quantitative estimate of drug-likeness (QED) is 0.744. The van der Waals surface area contributed by atoms with Gasteiger partial charge in [-0.2, -0.15) is 0 Å². The van der Waals surface area contributed by atoms with Gasteiger partial charge in [0.2, 0.25) is 0 Å². The van der Waals surface area contributed by atoms with E-state index < -0.39 is 11.0 Å². The van der Waals surface area contributed by atoms with E-state index in [9.17, 15) is 9.18 Å². The van der Waals surface area contributed by atoms with Crippen molar-refractivity contribution < 1.29 is 23.4 Å². The molecule has 4 nitrogen and oxygen atoms in total. The van der Waals surface area contributed by atoms with Crippen molar-refractivity contribution in [1.82, 2.24) is 0 Å². The predicted octanol–water partition coefficient (Wildman–Crippen LogP) is 3.62. The van der Waals surface area contributed by atoms with Gasteiger partial charge in [0.15, 0.2) is 0 Å². The second kappa shape index (κ2) is 6.45. The van der Waals surface area contributed by atoms with E-state index in [-0.39, 0.29) is 30.6 Å². The number of carbonyl (C=O) groups is 1. The average Bonchev–Trinajstić information content (AvgIpc) is 3.14. The molecule has 2 aliphatic heterocycles. The summed E-state index contributed by atoms with van der Waals surface area (Å²) in [5.74, 6) is -0.497. The first kappa shape index (κ1) is 17.4. The molecule has 24 heavy (non-hydrogen) atoms. The van der Waals surface area contributed by atoms with Gasteiger partial charge >= 0.3 is 5.97 Å². The Morgan fingerprint density at radius 2 is 2.17 bits per heavy atom. The first-order chi connectivity index (χ1) is 11.4. The van der Waals surface area contributed by atoms with Crippen LogP contribution >= 0.6 is 0 Å². The summed E-state index contributed by atoms with van der Waals surface area (Å²) < 4.78 is 31.1. The van der Waals surface area contributed by atoms with E-state index in [0.717, 1.165) is 12.8 Å². The third-order valence-electron chi connectivity index (χ3n) is 5.49. The molecule has 0 aliphatic carbocycles. The highest BCUT2D eigenvalue weighted by molar-refractivity contribution is 5.77. The van der Waals surface area contributed by atoms with Gasteiger partial charge in [0.25, 0.3) is 0 Å². The minimum absolute atomic E-state index is 0.0366. The van der Waals surface area contributed by atoms with Crippen LogP contribution in [0.4, 0.5) is 4.39 Å². The van der Waals surface area contributed by atoms with E-state index in [4.69, 9.17) is 14.2 Å². The Hall–Kier alpha value is -1.46. The summed E-state index contributed by atoms with van der Waals surface area (Å²) in [6, 6.07) is 6.61. The van der Waals surface area contributed by atoms with Crippen molar-refractivity contribution in [2.24, 2.45) is 5.41 Å². The van der Waals surface area contributed by atoms with Crippen LogP contribution in [-0.4, -0.2) is 30.4 Å². The Balaban J connectivity index is 1.68. The molecular weight excluding hydrogens is 311 g/mol. The number of halogens is 1. The third kappa shape index (κ3) is 2.84. The van der Waals surface area contributed by atoms with Crippen molar-refractivity contribution in [3.8, 4) is 0 Å². The van der Waals surface area contributed by atoms with Crippen LogP contribution in [0.1, 0.15) is 45.6 Å². The first-order valence-electron chi connectivity index (χ1n) is 8.60. The Morgan fingerprint density at radius 1 is 1.42 bits per heavy atom. The van der Waals surface area contributed by atoms with Gasteiger partial charge in [-0.25, -0.2) is 4.39 Å². The highest BCUT2D eigenvalue weighted by atomic mass is 19.1. The molecule has 1 aromatic carbocycles. The molecule has 3 atom stereocenters. The highest BCUT2D eigenvalue weighted by Gasteiger charge is 2.62. The Morgan fingerprint density at radius 3 is 2.88 bits per heavy atom. The lowest BCUT2D eigenvalue weighted by Gasteiger charge is -2.39. The van der Waals surface area contributed by atoms with Gasteiger partial charge in [0, 0.05) is 12.0 Å². The first-order valence-corrected chi connectivity index (χ1v) is 8.60. The fourth-order valence-corrected chi connectivity index (χ4v) is 3.84. The van der Waals surface area contributed by atoms with E-state index in [1.165, 1.54) is 6.07 Å². The number of fused-ring (bicyclic) bond motifs is 2. The molecule has 3 rings (SSSR count). The summed E-state index contributed by atoms with van der Waals surface area (Å²) in [7, 11) is 0. The maximum Gasteiger partial charge on any atom is 0.314 e. The molecule has 2 aliphatic rings. The molecule has 0 N–H and O–H groups in total. The van der Waals surface area contributed by atoms with E-state index >= 15 is 0 Å². The number of hydrogen-bond acceptors (Lipinski definition) is 4. The molecule has 0 radical (unpaired) electrons. The molecule has 3 unspecified atom stereocenters. The van der Waals surface area contributed by atoms with Crippen molar-refractivity contribution in [2.45, 2.75) is 64.4 Å². The lowest BCUT2D eigenvalue weighted by molar-refractivity contribution is -0.170. The normalized spacial score (nSPS) is 29.0. The molecule has 1 aromatic rings. The molecular formula is C19H25FO4.